The SMILES string of the molecule is CC/C=C\C/C=C\C/C=C\C/C=C\C/C=C\C/C=C\C/C=C\CCCCCCCCCC(=O)OC(COC(=O)CCCCCCCCCCCCCCCCCCCCCC)COC(OCC[N+](C)(C)C)C(=O)[O-]. The van der Waals surface area contributed by atoms with E-state index < -0.39 is 24.3 Å². The number of hydrogen-bond acceptors (Lipinski definition) is 8. The first-order valence-corrected chi connectivity index (χ1v) is 30.2. The molecule has 0 aliphatic heterocycles. The number of allylic oxidation sites excluding steroid dienone is 14. The number of unbranched alkanes of at least 4 members (excludes halogenated alkanes) is 26. The number of rotatable bonds is 55. The average molecular weight is 1040 g/mol. The first-order chi connectivity index (χ1) is 36.1. The van der Waals surface area contributed by atoms with Crippen molar-refractivity contribution in [2.45, 2.75) is 264 Å². The normalized spacial score (nSPS) is 13.4. The Kier molecular flexibility index (Phi) is 53.0. The maximum Gasteiger partial charge on any atom is 0.306 e. The van der Waals surface area contributed by atoms with Crippen molar-refractivity contribution in [3.63, 3.8) is 0 Å². The van der Waals surface area contributed by atoms with Crippen molar-refractivity contribution in [3.8, 4) is 0 Å². The molecule has 0 saturated heterocycles. The molecule has 0 aromatic carbocycles. The molecule has 0 aromatic rings. The van der Waals surface area contributed by atoms with Crippen LogP contribution in [-0.4, -0.2) is 82.3 Å². The average Bonchev–Trinajstić information content (AvgIpc) is 3.37. The molecule has 0 spiro atoms. The number of likely N-dealkylation sites (N-methyl/N-ethyl adjacent to an activating group) is 1. The Morgan fingerprint density at radius 3 is 1.15 bits per heavy atom. The highest BCUT2D eigenvalue weighted by Crippen LogP contribution is 2.16. The van der Waals surface area contributed by atoms with E-state index in [4.69, 9.17) is 18.9 Å². The molecule has 0 rings (SSSR count). The minimum Gasteiger partial charge on any atom is -0.545 e. The molecule has 0 fully saturated rings. The van der Waals surface area contributed by atoms with E-state index in [1.165, 1.54) is 128 Å². The van der Waals surface area contributed by atoms with Gasteiger partial charge in [-0.2, -0.15) is 0 Å². The van der Waals surface area contributed by atoms with Crippen molar-refractivity contribution in [2.24, 2.45) is 0 Å². The third kappa shape index (κ3) is 56.2. The molecular formula is C65H113NO8. The van der Waals surface area contributed by atoms with Crippen LogP contribution in [0, 0.1) is 0 Å². The second-order valence-electron chi connectivity index (χ2n) is 21.3. The Hall–Kier alpha value is -3.53. The number of carbonyl (C=O) groups excluding carboxylic acids is 3. The van der Waals surface area contributed by atoms with Gasteiger partial charge in [0.15, 0.2) is 12.4 Å². The molecule has 74 heavy (non-hydrogen) atoms. The lowest BCUT2D eigenvalue weighted by molar-refractivity contribution is -0.870. The third-order valence-electron chi connectivity index (χ3n) is 12.9. The number of ether oxygens (including phenoxy) is 4. The van der Waals surface area contributed by atoms with Crippen molar-refractivity contribution >= 4 is 17.9 Å². The molecule has 0 saturated carbocycles. The van der Waals surface area contributed by atoms with Gasteiger partial charge >= 0.3 is 11.9 Å². The lowest BCUT2D eigenvalue weighted by Gasteiger charge is -2.26. The zero-order valence-corrected chi connectivity index (χ0v) is 48.4. The first kappa shape index (κ1) is 70.5. The second-order valence-corrected chi connectivity index (χ2v) is 21.3. The highest BCUT2D eigenvalue weighted by molar-refractivity contribution is 5.70. The van der Waals surface area contributed by atoms with E-state index in [0.29, 0.717) is 17.4 Å². The number of quaternary nitrogens is 1. The summed E-state index contributed by atoms with van der Waals surface area (Å²) in [5, 5.41) is 11.8. The van der Waals surface area contributed by atoms with Crippen LogP contribution >= 0.6 is 0 Å². The van der Waals surface area contributed by atoms with Crippen LogP contribution in [0.1, 0.15) is 251 Å². The molecule has 2 unspecified atom stereocenters. The van der Waals surface area contributed by atoms with Gasteiger partial charge < -0.3 is 33.3 Å². The van der Waals surface area contributed by atoms with E-state index in [0.717, 1.165) is 89.9 Å². The van der Waals surface area contributed by atoms with Crippen LogP contribution in [-0.2, 0) is 33.3 Å². The highest BCUT2D eigenvalue weighted by atomic mass is 16.7. The van der Waals surface area contributed by atoms with Crippen LogP contribution < -0.4 is 5.11 Å². The van der Waals surface area contributed by atoms with Gasteiger partial charge in [0.25, 0.3) is 0 Å². The van der Waals surface area contributed by atoms with Gasteiger partial charge in [-0.15, -0.1) is 0 Å². The van der Waals surface area contributed by atoms with E-state index in [1.807, 2.05) is 21.1 Å². The molecule has 0 amide bonds. The van der Waals surface area contributed by atoms with Crippen LogP contribution in [0.5, 0.6) is 0 Å². The summed E-state index contributed by atoms with van der Waals surface area (Å²) in [7, 11) is 5.92. The molecule has 9 heteroatoms. The van der Waals surface area contributed by atoms with Gasteiger partial charge in [-0.25, -0.2) is 0 Å². The Balaban J connectivity index is 4.26. The van der Waals surface area contributed by atoms with Crippen molar-refractivity contribution in [3.05, 3.63) is 85.1 Å². The summed E-state index contributed by atoms with van der Waals surface area (Å²) in [6.07, 6.45) is 70.6. The van der Waals surface area contributed by atoms with Crippen molar-refractivity contribution in [2.75, 3.05) is 47.5 Å². The number of carboxylic acids is 1. The molecule has 2 atom stereocenters. The highest BCUT2D eigenvalue weighted by Gasteiger charge is 2.22. The molecule has 0 aromatic heterocycles. The van der Waals surface area contributed by atoms with Crippen LogP contribution in [0.2, 0.25) is 0 Å². The van der Waals surface area contributed by atoms with Crippen LogP contribution in [0.15, 0.2) is 85.1 Å². The van der Waals surface area contributed by atoms with E-state index in [2.05, 4.69) is 98.9 Å². The Bertz CT molecular complexity index is 1490. The predicted molar refractivity (Wildman–Crippen MR) is 311 cm³/mol. The lowest BCUT2D eigenvalue weighted by atomic mass is 10.0. The van der Waals surface area contributed by atoms with E-state index in [-0.39, 0.29) is 38.6 Å². The fourth-order valence-corrected chi connectivity index (χ4v) is 8.28. The number of esters is 2. The van der Waals surface area contributed by atoms with Gasteiger partial charge in [-0.05, 0) is 70.6 Å². The summed E-state index contributed by atoms with van der Waals surface area (Å²) in [6.45, 7) is 4.64. The summed E-state index contributed by atoms with van der Waals surface area (Å²) in [5.74, 6) is -2.29. The Morgan fingerprint density at radius 2 is 0.770 bits per heavy atom. The zero-order chi connectivity index (χ0) is 54.1. The molecule has 426 valence electrons. The van der Waals surface area contributed by atoms with Crippen LogP contribution in [0.4, 0.5) is 0 Å². The maximum atomic E-state index is 12.9. The van der Waals surface area contributed by atoms with Gasteiger partial charge in [0.2, 0.25) is 0 Å². The molecule has 0 N–H and O–H groups in total. The minimum absolute atomic E-state index is 0.143. The molecule has 0 heterocycles. The molecule has 0 bridgehead atoms. The fraction of sp³-hybridized carbons (Fsp3) is 0.738. The van der Waals surface area contributed by atoms with Crippen molar-refractivity contribution < 1.29 is 42.9 Å². The molecule has 0 aliphatic carbocycles. The van der Waals surface area contributed by atoms with E-state index in [1.54, 1.807) is 0 Å². The predicted octanol–water partition coefficient (Wildman–Crippen LogP) is 16.6. The van der Waals surface area contributed by atoms with Crippen molar-refractivity contribution in [1.82, 2.24) is 0 Å². The van der Waals surface area contributed by atoms with Gasteiger partial charge in [0.1, 0.15) is 13.2 Å². The fourth-order valence-electron chi connectivity index (χ4n) is 8.28. The van der Waals surface area contributed by atoms with Crippen molar-refractivity contribution in [1.29, 1.82) is 0 Å². The number of carboxylic acid groups (broad SMARTS) is 1. The summed E-state index contributed by atoms with van der Waals surface area (Å²) in [6, 6.07) is 0. The molecule has 0 aliphatic rings. The largest absolute Gasteiger partial charge is 0.545 e. The molecule has 9 nitrogen and oxygen atoms in total. The maximum absolute atomic E-state index is 12.9. The summed E-state index contributed by atoms with van der Waals surface area (Å²) in [5.41, 5.74) is 0. The van der Waals surface area contributed by atoms with E-state index >= 15 is 0 Å². The Labute approximate surface area is 455 Å². The van der Waals surface area contributed by atoms with Gasteiger partial charge in [-0.1, -0.05) is 253 Å². The smallest absolute Gasteiger partial charge is 0.306 e. The summed E-state index contributed by atoms with van der Waals surface area (Å²) < 4.78 is 22.7. The number of nitrogens with zero attached hydrogens (tertiary/aromatic N) is 1. The molecule has 0 radical (unpaired) electrons. The minimum atomic E-state index is -1.63. The Morgan fingerprint density at radius 1 is 0.419 bits per heavy atom. The van der Waals surface area contributed by atoms with E-state index in [9.17, 15) is 19.5 Å². The quantitative estimate of drug-likeness (QED) is 0.0195. The lowest BCUT2D eigenvalue weighted by Crippen LogP contribution is -2.44. The topological polar surface area (TPSA) is 111 Å². The first-order valence-electron chi connectivity index (χ1n) is 30.2. The standard InChI is InChI=1S/C65H113NO8/c1-6-8-10-12-14-16-18-20-22-24-26-28-29-30-31-32-33-34-35-36-38-40-42-44-46-48-50-52-54-56-63(68)74-61(60-73-65(64(69)70)71-58-57-66(3,4)5)59-72-62(67)55-53-51-49-47-45-43-41-39-37-27-25-23-21-19-17-15-13-11-9-7-2/h8,10,14,16,20,22,26,28,30-31,33-34,36,38,61,65H,6-7,9,11-13,15,17-19,21,23-25,27,29,32,35,37,39-60H2,1-5H3/b10-8-,16-14-,22-20-,28-26-,31-30-,34-33-,38-36-. The number of carbonyl (C=O) groups is 3. The van der Waals surface area contributed by atoms with Gasteiger partial charge in [-0.3, -0.25) is 9.59 Å². The zero-order valence-electron chi connectivity index (χ0n) is 48.4. The third-order valence-corrected chi connectivity index (χ3v) is 12.9. The number of hydrogen-bond donors (Lipinski definition) is 0. The van der Waals surface area contributed by atoms with Crippen LogP contribution in [0.25, 0.3) is 0 Å². The monoisotopic (exact) mass is 1040 g/mol. The van der Waals surface area contributed by atoms with Crippen LogP contribution in [0.3, 0.4) is 0 Å². The van der Waals surface area contributed by atoms with Gasteiger partial charge in [0, 0.05) is 12.8 Å². The number of aliphatic carboxylic acids is 1. The summed E-state index contributed by atoms with van der Waals surface area (Å²) >= 11 is 0. The summed E-state index contributed by atoms with van der Waals surface area (Å²) in [4.78, 5) is 37.3. The molecular weight excluding hydrogens is 923 g/mol. The second kappa shape index (κ2) is 55.7. The van der Waals surface area contributed by atoms with Gasteiger partial charge in [0.05, 0.1) is 40.3 Å².